The first kappa shape index (κ1) is 14.1. The molecule has 1 N–H and O–H groups in total. The Morgan fingerprint density at radius 1 is 1.30 bits per heavy atom. The molecule has 0 bridgehead atoms. The van der Waals surface area contributed by atoms with Crippen LogP contribution in [0.1, 0.15) is 32.6 Å². The number of nitrogens with one attached hydrogen (secondary N) is 1. The van der Waals surface area contributed by atoms with Gasteiger partial charge in [0.2, 0.25) is 0 Å². The zero-order valence-corrected chi connectivity index (χ0v) is 11.6. The monoisotopic (exact) mass is 270 g/mol. The third-order valence-electron chi connectivity index (χ3n) is 3.32. The summed E-state index contributed by atoms with van der Waals surface area (Å²) in [4.78, 5) is 12.1. The van der Waals surface area contributed by atoms with Crippen LogP contribution < -0.4 is 10.1 Å². The van der Waals surface area contributed by atoms with Crippen LogP contribution in [-0.4, -0.2) is 12.5 Å². The molecule has 1 fully saturated rings. The molecule has 2 rings (SSSR count). The summed E-state index contributed by atoms with van der Waals surface area (Å²) < 4.78 is 5.34. The first-order valence-electron chi connectivity index (χ1n) is 6.91. The van der Waals surface area contributed by atoms with Crippen molar-refractivity contribution >= 4 is 11.6 Å². The smallest absolute Gasteiger partial charge is 0.266 e. The first-order chi connectivity index (χ1) is 9.74. The predicted molar refractivity (Wildman–Crippen MR) is 77.3 cm³/mol. The Hall–Kier alpha value is -2.28. The standard InChI is InChI=1S/C16H18N2O2/c1-2-20-14-9-7-13(8-10-14)18-16(19)15(11-17)12-5-3-4-6-12/h7-10H,2-6H2,1H3,(H,18,19). The van der Waals surface area contributed by atoms with Gasteiger partial charge in [0.05, 0.1) is 6.61 Å². The van der Waals surface area contributed by atoms with E-state index in [1.807, 2.05) is 13.0 Å². The minimum atomic E-state index is -0.312. The van der Waals surface area contributed by atoms with Crippen LogP contribution in [0.3, 0.4) is 0 Å². The van der Waals surface area contributed by atoms with Crippen molar-refractivity contribution in [1.82, 2.24) is 0 Å². The molecule has 0 aliphatic heterocycles. The molecule has 1 aromatic carbocycles. The Morgan fingerprint density at radius 3 is 2.50 bits per heavy atom. The average molecular weight is 270 g/mol. The SMILES string of the molecule is CCOc1ccc(NC(=O)C(C#N)=C2CCCC2)cc1. The summed E-state index contributed by atoms with van der Waals surface area (Å²) in [6.07, 6.45) is 3.85. The second kappa shape index (κ2) is 6.76. The third kappa shape index (κ3) is 3.39. The van der Waals surface area contributed by atoms with Gasteiger partial charge in [-0.25, -0.2) is 0 Å². The summed E-state index contributed by atoms with van der Waals surface area (Å²) in [5.74, 6) is 0.453. The number of hydrogen-bond donors (Lipinski definition) is 1. The molecular weight excluding hydrogens is 252 g/mol. The quantitative estimate of drug-likeness (QED) is 0.673. The number of carbonyl (C=O) groups excluding carboxylic acids is 1. The molecule has 0 spiro atoms. The van der Waals surface area contributed by atoms with Gasteiger partial charge in [0.15, 0.2) is 0 Å². The van der Waals surface area contributed by atoms with Crippen LogP contribution in [0.5, 0.6) is 5.75 Å². The fraction of sp³-hybridized carbons (Fsp3) is 0.375. The molecule has 1 aromatic rings. The zero-order chi connectivity index (χ0) is 14.4. The summed E-state index contributed by atoms with van der Waals surface area (Å²) in [6, 6.07) is 9.19. The predicted octanol–water partition coefficient (Wildman–Crippen LogP) is 3.42. The van der Waals surface area contributed by atoms with Gasteiger partial charge >= 0.3 is 0 Å². The van der Waals surface area contributed by atoms with Crippen molar-refractivity contribution in [2.24, 2.45) is 0 Å². The molecule has 0 atom stereocenters. The summed E-state index contributed by atoms with van der Waals surface area (Å²) in [7, 11) is 0. The molecule has 104 valence electrons. The Kier molecular flexibility index (Phi) is 4.78. The molecule has 1 aliphatic carbocycles. The Labute approximate surface area is 119 Å². The maximum Gasteiger partial charge on any atom is 0.266 e. The maximum atomic E-state index is 12.1. The lowest BCUT2D eigenvalue weighted by Crippen LogP contribution is -2.14. The first-order valence-corrected chi connectivity index (χ1v) is 6.91. The van der Waals surface area contributed by atoms with Gasteiger partial charge in [0.25, 0.3) is 5.91 Å². The number of benzene rings is 1. The normalized spacial score (nSPS) is 13.7. The summed E-state index contributed by atoms with van der Waals surface area (Å²) in [6.45, 7) is 2.53. The van der Waals surface area contributed by atoms with E-state index < -0.39 is 0 Å². The molecule has 4 heteroatoms. The highest BCUT2D eigenvalue weighted by atomic mass is 16.5. The van der Waals surface area contributed by atoms with Crippen LogP contribution in [0.2, 0.25) is 0 Å². The van der Waals surface area contributed by atoms with Gasteiger partial charge < -0.3 is 10.1 Å². The van der Waals surface area contributed by atoms with Gasteiger partial charge in [0, 0.05) is 5.69 Å². The summed E-state index contributed by atoms with van der Waals surface area (Å²) in [5, 5.41) is 11.9. The van der Waals surface area contributed by atoms with E-state index in [9.17, 15) is 4.79 Å². The number of ether oxygens (including phenoxy) is 1. The average Bonchev–Trinajstić information content (AvgIpc) is 2.96. The number of anilines is 1. The molecule has 4 nitrogen and oxygen atoms in total. The number of carbonyl (C=O) groups is 1. The van der Waals surface area contributed by atoms with E-state index in [0.717, 1.165) is 37.0 Å². The Bertz CT molecular complexity index is 545. The Morgan fingerprint density at radius 2 is 1.95 bits per heavy atom. The maximum absolute atomic E-state index is 12.1. The van der Waals surface area contributed by atoms with Crippen LogP contribution in [0.4, 0.5) is 5.69 Å². The molecule has 0 heterocycles. The second-order valence-electron chi connectivity index (χ2n) is 4.71. The summed E-state index contributed by atoms with van der Waals surface area (Å²) in [5.41, 5.74) is 1.93. The topological polar surface area (TPSA) is 62.1 Å². The van der Waals surface area contributed by atoms with E-state index >= 15 is 0 Å². The van der Waals surface area contributed by atoms with E-state index in [4.69, 9.17) is 10.00 Å². The van der Waals surface area contributed by atoms with E-state index in [1.165, 1.54) is 0 Å². The molecule has 1 saturated carbocycles. The van der Waals surface area contributed by atoms with Crippen molar-refractivity contribution in [3.8, 4) is 11.8 Å². The van der Waals surface area contributed by atoms with Crippen molar-refractivity contribution < 1.29 is 9.53 Å². The molecule has 0 aromatic heterocycles. The fourth-order valence-corrected chi connectivity index (χ4v) is 2.34. The molecule has 1 amide bonds. The molecular formula is C16H18N2O2. The van der Waals surface area contributed by atoms with Crippen LogP contribution >= 0.6 is 0 Å². The van der Waals surface area contributed by atoms with Crippen molar-refractivity contribution in [3.63, 3.8) is 0 Å². The molecule has 0 radical (unpaired) electrons. The van der Waals surface area contributed by atoms with Gasteiger partial charge in [-0.2, -0.15) is 5.26 Å². The zero-order valence-electron chi connectivity index (χ0n) is 11.6. The molecule has 0 saturated heterocycles. The minimum absolute atomic E-state index is 0.274. The number of nitrogens with zero attached hydrogens (tertiary/aromatic N) is 1. The molecule has 0 unspecified atom stereocenters. The molecule has 20 heavy (non-hydrogen) atoms. The number of nitriles is 1. The number of hydrogen-bond acceptors (Lipinski definition) is 3. The molecule has 1 aliphatic rings. The van der Waals surface area contributed by atoms with Crippen molar-refractivity contribution in [3.05, 3.63) is 35.4 Å². The van der Waals surface area contributed by atoms with Crippen molar-refractivity contribution in [2.75, 3.05) is 11.9 Å². The van der Waals surface area contributed by atoms with Gasteiger partial charge in [0.1, 0.15) is 17.4 Å². The highest BCUT2D eigenvalue weighted by molar-refractivity contribution is 6.07. The van der Waals surface area contributed by atoms with Gasteiger partial charge in [-0.1, -0.05) is 0 Å². The van der Waals surface area contributed by atoms with E-state index in [1.54, 1.807) is 24.3 Å². The van der Waals surface area contributed by atoms with Crippen LogP contribution in [0, 0.1) is 11.3 Å². The van der Waals surface area contributed by atoms with Gasteiger partial charge in [-0.05, 0) is 62.4 Å². The van der Waals surface area contributed by atoms with E-state index in [2.05, 4.69) is 5.32 Å². The van der Waals surface area contributed by atoms with Crippen LogP contribution in [0.25, 0.3) is 0 Å². The lowest BCUT2D eigenvalue weighted by molar-refractivity contribution is -0.112. The van der Waals surface area contributed by atoms with Crippen molar-refractivity contribution in [1.29, 1.82) is 5.26 Å². The minimum Gasteiger partial charge on any atom is -0.494 e. The van der Waals surface area contributed by atoms with Gasteiger partial charge in [-0.15, -0.1) is 0 Å². The van der Waals surface area contributed by atoms with Crippen LogP contribution in [0.15, 0.2) is 35.4 Å². The number of rotatable bonds is 4. The van der Waals surface area contributed by atoms with E-state index in [-0.39, 0.29) is 11.5 Å². The number of amides is 1. The summed E-state index contributed by atoms with van der Waals surface area (Å²) >= 11 is 0. The largest absolute Gasteiger partial charge is 0.494 e. The van der Waals surface area contributed by atoms with Crippen molar-refractivity contribution in [2.45, 2.75) is 32.6 Å². The fourth-order valence-electron chi connectivity index (χ4n) is 2.34. The number of allylic oxidation sites excluding steroid dienone is 1. The highest BCUT2D eigenvalue weighted by Gasteiger charge is 2.18. The third-order valence-corrected chi connectivity index (χ3v) is 3.32. The lowest BCUT2D eigenvalue weighted by Gasteiger charge is -2.08. The van der Waals surface area contributed by atoms with Crippen LogP contribution in [-0.2, 0) is 4.79 Å². The highest BCUT2D eigenvalue weighted by Crippen LogP contribution is 2.27. The second-order valence-corrected chi connectivity index (χ2v) is 4.71. The van der Waals surface area contributed by atoms with Gasteiger partial charge in [-0.3, -0.25) is 4.79 Å². The lowest BCUT2D eigenvalue weighted by atomic mass is 10.1. The Balaban J connectivity index is 2.07. The van der Waals surface area contributed by atoms with E-state index in [0.29, 0.717) is 12.3 Å².